The standard InChI is InChI=1S/C25H24FN3O3S/c1-15-5-10-21(22(12-15)32-14-19-4-3-11-31-19)27-24(30)23-13-20-16(2)28-29(25(20)33-23)18-8-6-17(26)7-9-18/h5-10,12-13,19H,3-4,11,14H2,1-2H3,(H,27,30). The summed E-state index contributed by atoms with van der Waals surface area (Å²) in [5, 5.41) is 8.45. The van der Waals surface area contributed by atoms with Crippen molar-refractivity contribution >= 4 is 33.1 Å². The fourth-order valence-corrected chi connectivity index (χ4v) is 4.99. The van der Waals surface area contributed by atoms with Crippen molar-refractivity contribution in [3.8, 4) is 11.4 Å². The van der Waals surface area contributed by atoms with Crippen molar-refractivity contribution in [2.24, 2.45) is 0 Å². The van der Waals surface area contributed by atoms with Gasteiger partial charge in [-0.15, -0.1) is 11.3 Å². The molecule has 1 aliphatic heterocycles. The highest BCUT2D eigenvalue weighted by atomic mass is 32.1. The Morgan fingerprint density at radius 1 is 1.24 bits per heavy atom. The van der Waals surface area contributed by atoms with Crippen molar-refractivity contribution < 1.29 is 18.7 Å². The van der Waals surface area contributed by atoms with E-state index in [4.69, 9.17) is 9.47 Å². The number of nitrogens with zero attached hydrogens (tertiary/aromatic N) is 2. The molecule has 2 aromatic heterocycles. The molecule has 3 heterocycles. The van der Waals surface area contributed by atoms with Crippen molar-refractivity contribution in [3.63, 3.8) is 0 Å². The molecular formula is C25H24FN3O3S. The van der Waals surface area contributed by atoms with E-state index >= 15 is 0 Å². The Balaban J connectivity index is 1.39. The third-order valence-electron chi connectivity index (χ3n) is 5.67. The number of anilines is 1. The maximum atomic E-state index is 13.3. The summed E-state index contributed by atoms with van der Waals surface area (Å²) in [4.78, 5) is 14.5. The monoisotopic (exact) mass is 465 g/mol. The maximum Gasteiger partial charge on any atom is 0.265 e. The van der Waals surface area contributed by atoms with E-state index in [0.29, 0.717) is 22.9 Å². The molecule has 1 saturated heterocycles. The zero-order valence-electron chi connectivity index (χ0n) is 18.4. The number of hydrogen-bond acceptors (Lipinski definition) is 5. The van der Waals surface area contributed by atoms with E-state index in [2.05, 4.69) is 10.4 Å². The first-order chi connectivity index (χ1) is 16.0. The number of fused-ring (bicyclic) bond motifs is 1. The molecule has 1 atom stereocenters. The number of nitrogens with one attached hydrogen (secondary N) is 1. The Morgan fingerprint density at radius 2 is 2.06 bits per heavy atom. The van der Waals surface area contributed by atoms with Gasteiger partial charge >= 0.3 is 0 Å². The van der Waals surface area contributed by atoms with Crippen LogP contribution in [-0.4, -0.2) is 35.0 Å². The Morgan fingerprint density at radius 3 is 2.82 bits per heavy atom. The summed E-state index contributed by atoms with van der Waals surface area (Å²) in [5.74, 6) is 0.112. The topological polar surface area (TPSA) is 65.4 Å². The minimum atomic E-state index is -0.305. The van der Waals surface area contributed by atoms with Crippen LogP contribution in [0.15, 0.2) is 48.5 Å². The van der Waals surface area contributed by atoms with Gasteiger partial charge in [0, 0.05) is 12.0 Å². The fraction of sp³-hybridized carbons (Fsp3) is 0.280. The van der Waals surface area contributed by atoms with E-state index in [1.807, 2.05) is 38.1 Å². The fourth-order valence-electron chi connectivity index (χ4n) is 3.91. The number of aromatic nitrogens is 2. The minimum absolute atomic E-state index is 0.0917. The number of halogens is 1. The van der Waals surface area contributed by atoms with E-state index in [1.54, 1.807) is 16.8 Å². The lowest BCUT2D eigenvalue weighted by Crippen LogP contribution is -2.18. The van der Waals surface area contributed by atoms with Crippen LogP contribution in [0.5, 0.6) is 5.75 Å². The molecule has 5 rings (SSSR count). The van der Waals surface area contributed by atoms with Crippen LogP contribution < -0.4 is 10.1 Å². The quantitative estimate of drug-likeness (QED) is 0.399. The van der Waals surface area contributed by atoms with Crippen molar-refractivity contribution in [1.29, 1.82) is 0 Å². The van der Waals surface area contributed by atoms with Crippen LogP contribution in [-0.2, 0) is 4.74 Å². The molecule has 1 N–H and O–H groups in total. The number of rotatable bonds is 6. The van der Waals surface area contributed by atoms with Gasteiger partial charge in [0.25, 0.3) is 5.91 Å². The predicted octanol–water partition coefficient (Wildman–Crippen LogP) is 5.65. The summed E-state index contributed by atoms with van der Waals surface area (Å²) in [7, 11) is 0. The Hall–Kier alpha value is -3.23. The zero-order valence-corrected chi connectivity index (χ0v) is 19.2. The lowest BCUT2D eigenvalue weighted by molar-refractivity contribution is 0.0681. The summed E-state index contributed by atoms with van der Waals surface area (Å²) >= 11 is 1.35. The molecule has 170 valence electrons. The van der Waals surface area contributed by atoms with Crippen LogP contribution in [0.25, 0.3) is 15.9 Å². The molecule has 8 heteroatoms. The van der Waals surface area contributed by atoms with Crippen LogP contribution in [0.2, 0.25) is 0 Å². The van der Waals surface area contributed by atoms with Gasteiger partial charge in [0.05, 0.1) is 28.0 Å². The molecule has 0 spiro atoms. The highest BCUT2D eigenvalue weighted by Gasteiger charge is 2.20. The molecular weight excluding hydrogens is 441 g/mol. The Kier molecular flexibility index (Phi) is 5.86. The van der Waals surface area contributed by atoms with E-state index in [1.165, 1.54) is 23.5 Å². The van der Waals surface area contributed by atoms with E-state index in [0.717, 1.165) is 46.6 Å². The number of carbonyl (C=O) groups is 1. The SMILES string of the molecule is Cc1ccc(NC(=O)c2cc3c(C)nn(-c4ccc(F)cc4)c3s2)c(OCC2CCCO2)c1. The average Bonchev–Trinajstić information content (AvgIpc) is 3.53. The number of ether oxygens (including phenoxy) is 2. The molecule has 1 unspecified atom stereocenters. The molecule has 1 amide bonds. The molecule has 33 heavy (non-hydrogen) atoms. The molecule has 1 aliphatic rings. The summed E-state index contributed by atoms with van der Waals surface area (Å²) < 4.78 is 26.7. The number of benzene rings is 2. The normalized spacial score (nSPS) is 15.8. The molecule has 0 bridgehead atoms. The number of aryl methyl sites for hydroxylation is 2. The highest BCUT2D eigenvalue weighted by Crippen LogP contribution is 2.32. The Labute approximate surface area is 194 Å². The highest BCUT2D eigenvalue weighted by molar-refractivity contribution is 7.20. The van der Waals surface area contributed by atoms with Gasteiger partial charge in [-0.3, -0.25) is 4.79 Å². The molecule has 1 fully saturated rings. The van der Waals surface area contributed by atoms with Crippen LogP contribution in [0.1, 0.15) is 33.8 Å². The van der Waals surface area contributed by atoms with Crippen molar-refractivity contribution in [2.75, 3.05) is 18.5 Å². The first-order valence-electron chi connectivity index (χ1n) is 10.9. The minimum Gasteiger partial charge on any atom is -0.489 e. The van der Waals surface area contributed by atoms with E-state index < -0.39 is 0 Å². The molecule has 2 aromatic carbocycles. The largest absolute Gasteiger partial charge is 0.489 e. The number of thiophene rings is 1. The lowest BCUT2D eigenvalue weighted by atomic mass is 10.2. The van der Waals surface area contributed by atoms with Crippen molar-refractivity contribution in [3.05, 3.63) is 70.5 Å². The second-order valence-electron chi connectivity index (χ2n) is 8.20. The van der Waals surface area contributed by atoms with Gasteiger partial charge in [-0.25, -0.2) is 9.07 Å². The van der Waals surface area contributed by atoms with Crippen molar-refractivity contribution in [2.45, 2.75) is 32.8 Å². The first-order valence-corrected chi connectivity index (χ1v) is 11.7. The second-order valence-corrected chi connectivity index (χ2v) is 9.23. The van der Waals surface area contributed by atoms with Gasteiger partial charge in [0.1, 0.15) is 23.0 Å². The second kappa shape index (κ2) is 8.96. The third-order valence-corrected chi connectivity index (χ3v) is 6.78. The molecule has 6 nitrogen and oxygen atoms in total. The summed E-state index contributed by atoms with van der Waals surface area (Å²) in [6.07, 6.45) is 2.13. The summed E-state index contributed by atoms with van der Waals surface area (Å²) in [5.41, 5.74) is 3.22. The van der Waals surface area contributed by atoms with Crippen LogP contribution in [0, 0.1) is 19.7 Å². The molecule has 4 aromatic rings. The van der Waals surface area contributed by atoms with Gasteiger partial charge < -0.3 is 14.8 Å². The zero-order chi connectivity index (χ0) is 22.9. The maximum absolute atomic E-state index is 13.3. The summed E-state index contributed by atoms with van der Waals surface area (Å²) in [6, 6.07) is 13.7. The predicted molar refractivity (Wildman–Crippen MR) is 127 cm³/mol. The number of carbonyl (C=O) groups excluding carboxylic acids is 1. The van der Waals surface area contributed by atoms with Gasteiger partial charge in [-0.05, 0) is 74.7 Å². The average molecular weight is 466 g/mol. The molecule has 0 aliphatic carbocycles. The third kappa shape index (κ3) is 4.49. The van der Waals surface area contributed by atoms with Crippen LogP contribution in [0.3, 0.4) is 0 Å². The van der Waals surface area contributed by atoms with E-state index in [9.17, 15) is 9.18 Å². The van der Waals surface area contributed by atoms with Gasteiger partial charge in [-0.1, -0.05) is 6.07 Å². The first kappa shape index (κ1) is 21.6. The van der Waals surface area contributed by atoms with Crippen molar-refractivity contribution in [1.82, 2.24) is 9.78 Å². The van der Waals surface area contributed by atoms with Crippen LogP contribution in [0.4, 0.5) is 10.1 Å². The smallest absolute Gasteiger partial charge is 0.265 e. The van der Waals surface area contributed by atoms with E-state index in [-0.39, 0.29) is 17.8 Å². The summed E-state index contributed by atoms with van der Waals surface area (Å²) in [6.45, 7) is 5.11. The molecule has 0 radical (unpaired) electrons. The Bertz CT molecular complexity index is 1310. The lowest BCUT2D eigenvalue weighted by Gasteiger charge is -2.15. The van der Waals surface area contributed by atoms with Gasteiger partial charge in [0.2, 0.25) is 0 Å². The van der Waals surface area contributed by atoms with Gasteiger partial charge in [0.15, 0.2) is 0 Å². The number of hydrogen-bond donors (Lipinski definition) is 1. The van der Waals surface area contributed by atoms with Crippen LogP contribution >= 0.6 is 11.3 Å². The number of amides is 1. The van der Waals surface area contributed by atoms with Gasteiger partial charge in [-0.2, -0.15) is 5.10 Å². The molecule has 0 saturated carbocycles.